The number of nitrogens with one attached hydrogen (secondary N) is 1. The molecule has 1 N–H and O–H groups in total. The molecule has 104 valence electrons. The molecular formula is C17H18FNS. The predicted octanol–water partition coefficient (Wildman–Crippen LogP) is 4.28. The molecule has 0 fully saturated rings. The summed E-state index contributed by atoms with van der Waals surface area (Å²) in [4.78, 5) is 1.35. The first-order valence-corrected chi connectivity index (χ1v) is 7.84. The van der Waals surface area contributed by atoms with Crippen LogP contribution in [0.2, 0.25) is 0 Å². The first-order valence-electron chi connectivity index (χ1n) is 6.85. The summed E-state index contributed by atoms with van der Waals surface area (Å²) in [5.74, 6) is 1.31. The lowest BCUT2D eigenvalue weighted by Gasteiger charge is -2.24. The maximum absolute atomic E-state index is 13.8. The van der Waals surface area contributed by atoms with Gasteiger partial charge in [-0.05, 0) is 42.8 Å². The fourth-order valence-electron chi connectivity index (χ4n) is 2.87. The Morgan fingerprint density at radius 3 is 2.80 bits per heavy atom. The molecule has 0 radical (unpaired) electrons. The van der Waals surface area contributed by atoms with Gasteiger partial charge in [-0.25, -0.2) is 4.39 Å². The molecule has 2 aromatic carbocycles. The van der Waals surface area contributed by atoms with E-state index in [0.717, 1.165) is 11.3 Å². The van der Waals surface area contributed by atoms with Crippen LogP contribution in [0.15, 0.2) is 47.4 Å². The summed E-state index contributed by atoms with van der Waals surface area (Å²) in [6.07, 6.45) is 0. The fourth-order valence-corrected chi connectivity index (χ4v) is 4.16. The van der Waals surface area contributed by atoms with E-state index in [2.05, 4.69) is 29.6 Å². The van der Waals surface area contributed by atoms with E-state index in [0.29, 0.717) is 11.5 Å². The van der Waals surface area contributed by atoms with Gasteiger partial charge in [0.25, 0.3) is 0 Å². The van der Waals surface area contributed by atoms with Crippen molar-refractivity contribution in [1.29, 1.82) is 0 Å². The molecule has 1 heterocycles. The molecule has 0 amide bonds. The zero-order valence-electron chi connectivity index (χ0n) is 11.7. The van der Waals surface area contributed by atoms with Crippen LogP contribution >= 0.6 is 11.8 Å². The van der Waals surface area contributed by atoms with Crippen LogP contribution in [0, 0.1) is 12.7 Å². The molecule has 0 aliphatic carbocycles. The van der Waals surface area contributed by atoms with Gasteiger partial charge in [-0.15, -0.1) is 11.8 Å². The zero-order valence-corrected chi connectivity index (χ0v) is 12.5. The molecule has 2 atom stereocenters. The Morgan fingerprint density at radius 2 is 2.05 bits per heavy atom. The van der Waals surface area contributed by atoms with E-state index in [1.165, 1.54) is 10.5 Å². The molecule has 20 heavy (non-hydrogen) atoms. The van der Waals surface area contributed by atoms with Gasteiger partial charge in [0.2, 0.25) is 0 Å². The molecule has 1 aliphatic rings. The molecule has 0 spiro atoms. The van der Waals surface area contributed by atoms with E-state index >= 15 is 0 Å². The minimum Gasteiger partial charge on any atom is -0.312 e. The van der Waals surface area contributed by atoms with Crippen molar-refractivity contribution >= 4 is 11.8 Å². The summed E-state index contributed by atoms with van der Waals surface area (Å²) in [6.45, 7) is 1.80. The molecule has 0 saturated heterocycles. The number of halogens is 1. The van der Waals surface area contributed by atoms with Crippen molar-refractivity contribution < 1.29 is 4.39 Å². The van der Waals surface area contributed by atoms with Crippen LogP contribution in [-0.2, 0) is 0 Å². The maximum atomic E-state index is 13.8. The smallest absolute Gasteiger partial charge is 0.126 e. The van der Waals surface area contributed by atoms with Crippen molar-refractivity contribution in [2.75, 3.05) is 12.8 Å². The first-order chi connectivity index (χ1) is 9.70. The Hall–Kier alpha value is -1.32. The summed E-state index contributed by atoms with van der Waals surface area (Å²) < 4.78 is 13.8. The summed E-state index contributed by atoms with van der Waals surface area (Å²) in [6, 6.07) is 14.2. The van der Waals surface area contributed by atoms with Gasteiger partial charge in [-0.2, -0.15) is 0 Å². The Labute approximate surface area is 123 Å². The van der Waals surface area contributed by atoms with Crippen molar-refractivity contribution in [3.63, 3.8) is 0 Å². The summed E-state index contributed by atoms with van der Waals surface area (Å²) in [7, 11) is 1.95. The molecule has 3 heteroatoms. The lowest BCUT2D eigenvalue weighted by atomic mass is 9.88. The van der Waals surface area contributed by atoms with E-state index in [-0.39, 0.29) is 11.9 Å². The molecule has 2 aromatic rings. The third-order valence-electron chi connectivity index (χ3n) is 4.01. The Balaban J connectivity index is 1.97. The van der Waals surface area contributed by atoms with Crippen LogP contribution in [0.1, 0.15) is 28.7 Å². The Morgan fingerprint density at radius 1 is 1.25 bits per heavy atom. The number of thioether (sulfide) groups is 1. The third-order valence-corrected chi connectivity index (χ3v) is 5.21. The lowest BCUT2D eigenvalue weighted by molar-refractivity contribution is 0.509. The van der Waals surface area contributed by atoms with Crippen LogP contribution in [0.4, 0.5) is 4.39 Å². The molecule has 0 bridgehead atoms. The highest BCUT2D eigenvalue weighted by Gasteiger charge is 2.30. The van der Waals surface area contributed by atoms with Gasteiger partial charge < -0.3 is 5.32 Å². The van der Waals surface area contributed by atoms with Gasteiger partial charge in [0.15, 0.2) is 0 Å². The van der Waals surface area contributed by atoms with Crippen molar-refractivity contribution in [3.05, 3.63) is 65.0 Å². The average Bonchev–Trinajstić information content (AvgIpc) is 2.88. The van der Waals surface area contributed by atoms with Crippen LogP contribution in [0.25, 0.3) is 0 Å². The standard InChI is InChI=1S/C17H18FNS/c1-11-7-8-12(9-15(11)18)17(19-2)14-10-20-16-6-4-3-5-13(14)16/h3-9,14,17,19H,10H2,1-2H3. The number of likely N-dealkylation sites (N-methyl/N-ethyl adjacent to an activating group) is 1. The lowest BCUT2D eigenvalue weighted by Crippen LogP contribution is -2.24. The second-order valence-corrected chi connectivity index (χ2v) is 6.29. The van der Waals surface area contributed by atoms with Gasteiger partial charge in [-0.3, -0.25) is 0 Å². The normalized spacial score (nSPS) is 18.9. The number of rotatable bonds is 3. The van der Waals surface area contributed by atoms with Gasteiger partial charge in [0.1, 0.15) is 5.82 Å². The van der Waals surface area contributed by atoms with Crippen LogP contribution < -0.4 is 5.32 Å². The highest BCUT2D eigenvalue weighted by Crippen LogP contribution is 2.45. The predicted molar refractivity (Wildman–Crippen MR) is 82.8 cm³/mol. The number of benzene rings is 2. The Bertz CT molecular complexity index is 626. The molecule has 3 rings (SSSR count). The number of hydrogen-bond donors (Lipinski definition) is 1. The minimum absolute atomic E-state index is 0.123. The molecule has 2 unspecified atom stereocenters. The van der Waals surface area contributed by atoms with Crippen molar-refractivity contribution in [2.45, 2.75) is 23.8 Å². The summed E-state index contributed by atoms with van der Waals surface area (Å²) in [5.41, 5.74) is 3.10. The van der Waals surface area contributed by atoms with E-state index in [1.54, 1.807) is 13.0 Å². The Kier molecular flexibility index (Phi) is 3.81. The van der Waals surface area contributed by atoms with Gasteiger partial charge in [0, 0.05) is 22.6 Å². The van der Waals surface area contributed by atoms with Crippen molar-refractivity contribution in [1.82, 2.24) is 5.32 Å². The van der Waals surface area contributed by atoms with Crippen LogP contribution in [0.3, 0.4) is 0 Å². The highest BCUT2D eigenvalue weighted by molar-refractivity contribution is 7.99. The zero-order chi connectivity index (χ0) is 14.1. The average molecular weight is 287 g/mol. The van der Waals surface area contributed by atoms with Gasteiger partial charge in [-0.1, -0.05) is 30.3 Å². The minimum atomic E-state index is -0.123. The summed E-state index contributed by atoms with van der Waals surface area (Å²) >= 11 is 1.89. The second kappa shape index (κ2) is 5.58. The van der Waals surface area contributed by atoms with Crippen LogP contribution in [-0.4, -0.2) is 12.8 Å². The SMILES string of the molecule is CNC(c1ccc(C)c(F)c1)C1CSc2ccccc21. The number of hydrogen-bond acceptors (Lipinski definition) is 2. The third kappa shape index (κ3) is 2.36. The maximum Gasteiger partial charge on any atom is 0.126 e. The number of aryl methyl sites for hydroxylation is 1. The van der Waals surface area contributed by atoms with Crippen LogP contribution in [0.5, 0.6) is 0 Å². The van der Waals surface area contributed by atoms with E-state index in [4.69, 9.17) is 0 Å². The molecule has 1 aliphatic heterocycles. The second-order valence-electron chi connectivity index (χ2n) is 5.23. The quantitative estimate of drug-likeness (QED) is 0.904. The largest absolute Gasteiger partial charge is 0.312 e. The highest BCUT2D eigenvalue weighted by atomic mass is 32.2. The fraction of sp³-hybridized carbons (Fsp3) is 0.294. The van der Waals surface area contributed by atoms with Crippen molar-refractivity contribution in [3.8, 4) is 0 Å². The first kappa shape index (κ1) is 13.7. The van der Waals surface area contributed by atoms with Gasteiger partial charge in [0.05, 0.1) is 0 Å². The molecular weight excluding hydrogens is 269 g/mol. The van der Waals surface area contributed by atoms with Gasteiger partial charge >= 0.3 is 0 Å². The molecule has 1 nitrogen and oxygen atoms in total. The topological polar surface area (TPSA) is 12.0 Å². The molecule has 0 saturated carbocycles. The monoisotopic (exact) mass is 287 g/mol. The van der Waals surface area contributed by atoms with E-state index in [9.17, 15) is 4.39 Å². The summed E-state index contributed by atoms with van der Waals surface area (Å²) in [5, 5.41) is 3.37. The van der Waals surface area contributed by atoms with E-state index in [1.807, 2.05) is 30.9 Å². The molecule has 0 aromatic heterocycles. The number of fused-ring (bicyclic) bond motifs is 1. The van der Waals surface area contributed by atoms with Crippen molar-refractivity contribution in [2.24, 2.45) is 0 Å². The van der Waals surface area contributed by atoms with E-state index < -0.39 is 0 Å².